The van der Waals surface area contributed by atoms with Crippen LogP contribution in [0.1, 0.15) is 10.4 Å². The Labute approximate surface area is 80.9 Å². The van der Waals surface area contributed by atoms with E-state index in [4.69, 9.17) is 5.11 Å². The molecule has 0 fully saturated rings. The van der Waals surface area contributed by atoms with Crippen LogP contribution in [-0.2, 0) is 0 Å². The molecular weight excluding hydrogens is 208 g/mol. The maximum Gasteiger partial charge on any atom is 0.335 e. The van der Waals surface area contributed by atoms with Gasteiger partial charge in [0.15, 0.2) is 0 Å². The van der Waals surface area contributed by atoms with Crippen LogP contribution in [-0.4, -0.2) is 11.1 Å². The molecule has 0 aliphatic carbocycles. The van der Waals surface area contributed by atoms with Crippen molar-refractivity contribution in [1.82, 2.24) is 0 Å². The predicted octanol–water partition coefficient (Wildman–Crippen LogP) is 2.02. The highest BCUT2D eigenvalue weighted by atomic mass is 32.2. The lowest BCUT2D eigenvalue weighted by Crippen LogP contribution is -1.94. The fourth-order valence-electron chi connectivity index (χ4n) is 1.01. The van der Waals surface area contributed by atoms with Crippen molar-refractivity contribution >= 4 is 38.0 Å². The van der Waals surface area contributed by atoms with Crippen LogP contribution in [0.5, 0.6) is 0 Å². The molecule has 5 heteroatoms. The van der Waals surface area contributed by atoms with E-state index in [0.29, 0.717) is 0 Å². The summed E-state index contributed by atoms with van der Waals surface area (Å²) in [5.74, 6) is -0.965. The van der Waals surface area contributed by atoms with Crippen LogP contribution in [0.15, 0.2) is 23.0 Å². The number of carbonyl (C=O) groups is 1. The third kappa shape index (κ3) is 1.48. The summed E-state index contributed by atoms with van der Waals surface area (Å²) in [7, 11) is 0. The van der Waals surface area contributed by atoms with Crippen molar-refractivity contribution in [3.05, 3.63) is 32.6 Å². The van der Waals surface area contributed by atoms with Crippen molar-refractivity contribution in [2.45, 2.75) is 0 Å². The molecule has 0 saturated carbocycles. The predicted molar refractivity (Wildman–Crippen MR) is 52.9 cm³/mol. The Hall–Kier alpha value is -1.20. The average molecular weight is 212 g/mol. The number of rotatable bonds is 1. The molecule has 2 rings (SSSR count). The molecule has 0 bridgehead atoms. The van der Waals surface area contributed by atoms with E-state index < -0.39 is 5.97 Å². The third-order valence-corrected chi connectivity index (χ3v) is 3.67. The highest BCUT2D eigenvalue weighted by molar-refractivity contribution is 7.35. The molecule has 2 aromatic rings. The molecule has 0 radical (unpaired) electrons. The lowest BCUT2D eigenvalue weighted by atomic mass is 10.2. The van der Waals surface area contributed by atoms with E-state index in [0.717, 1.165) is 32.1 Å². The number of hydrogen-bond acceptors (Lipinski definition) is 4. The molecule has 0 saturated heterocycles. The number of carboxylic acid groups (broad SMARTS) is 1. The minimum atomic E-state index is -0.965. The standard InChI is InChI=1S/C8H4O3S2/c9-7(10)4-1-2-5-6(3-4)13-8(11)12-5/h1-3H,(H,9,10). The molecule has 0 aliphatic heterocycles. The molecule has 0 atom stereocenters. The van der Waals surface area contributed by atoms with Crippen LogP contribution in [0, 0.1) is 0 Å². The number of hydrogen-bond donors (Lipinski definition) is 1. The van der Waals surface area contributed by atoms with Crippen molar-refractivity contribution in [3.63, 3.8) is 0 Å². The van der Waals surface area contributed by atoms with Crippen molar-refractivity contribution < 1.29 is 9.90 Å². The summed E-state index contributed by atoms with van der Waals surface area (Å²) in [5.41, 5.74) is 0.224. The van der Waals surface area contributed by atoms with Crippen LogP contribution in [0.4, 0.5) is 0 Å². The minimum Gasteiger partial charge on any atom is -0.478 e. The summed E-state index contributed by atoms with van der Waals surface area (Å²) in [4.78, 5) is 21.5. The molecule has 0 amide bonds. The number of aromatic carboxylic acids is 1. The Morgan fingerprint density at radius 3 is 2.62 bits per heavy atom. The van der Waals surface area contributed by atoms with Crippen LogP contribution >= 0.6 is 22.7 Å². The lowest BCUT2D eigenvalue weighted by Gasteiger charge is -1.91. The van der Waals surface area contributed by atoms with E-state index in [1.807, 2.05) is 0 Å². The van der Waals surface area contributed by atoms with Gasteiger partial charge in [0.2, 0.25) is 0 Å². The average Bonchev–Trinajstić information content (AvgIpc) is 2.42. The summed E-state index contributed by atoms with van der Waals surface area (Å²) < 4.78 is 1.59. The van der Waals surface area contributed by atoms with Crippen LogP contribution in [0.3, 0.4) is 0 Å². The van der Waals surface area contributed by atoms with Crippen molar-refractivity contribution in [3.8, 4) is 0 Å². The zero-order valence-electron chi connectivity index (χ0n) is 6.31. The van der Waals surface area contributed by atoms with E-state index in [9.17, 15) is 9.59 Å². The first-order valence-corrected chi connectivity index (χ1v) is 5.07. The molecule has 1 heterocycles. The monoisotopic (exact) mass is 212 g/mol. The Morgan fingerprint density at radius 1 is 1.23 bits per heavy atom. The van der Waals surface area contributed by atoms with E-state index >= 15 is 0 Å². The SMILES string of the molecule is O=C(O)c1ccc2sc(=O)sc2c1. The van der Waals surface area contributed by atoms with Crippen molar-refractivity contribution in [2.75, 3.05) is 0 Å². The van der Waals surface area contributed by atoms with E-state index in [1.54, 1.807) is 6.07 Å². The Balaban J connectivity index is 2.74. The van der Waals surface area contributed by atoms with Gasteiger partial charge in [0, 0.05) is 9.40 Å². The first-order valence-electron chi connectivity index (χ1n) is 3.44. The van der Waals surface area contributed by atoms with Gasteiger partial charge in [0.05, 0.1) is 5.56 Å². The molecule has 0 unspecified atom stereocenters. The lowest BCUT2D eigenvalue weighted by molar-refractivity contribution is 0.0697. The Bertz CT molecular complexity index is 523. The second-order valence-electron chi connectivity index (χ2n) is 2.42. The number of carboxylic acids is 1. The molecule has 1 aromatic carbocycles. The Kier molecular flexibility index (Phi) is 1.90. The van der Waals surface area contributed by atoms with Gasteiger partial charge in [0.1, 0.15) is 0 Å². The third-order valence-electron chi connectivity index (χ3n) is 1.58. The van der Waals surface area contributed by atoms with E-state index in [1.165, 1.54) is 12.1 Å². The molecule has 0 spiro atoms. The molecule has 1 N–H and O–H groups in total. The highest BCUT2D eigenvalue weighted by Gasteiger charge is 2.05. The summed E-state index contributed by atoms with van der Waals surface area (Å²) in [6, 6.07) is 4.70. The molecular formula is C8H4O3S2. The fraction of sp³-hybridized carbons (Fsp3) is 0. The maximum atomic E-state index is 11.0. The Morgan fingerprint density at radius 2 is 1.92 bits per heavy atom. The normalized spacial score (nSPS) is 10.5. The number of fused-ring (bicyclic) bond motifs is 1. The highest BCUT2D eigenvalue weighted by Crippen LogP contribution is 2.22. The van der Waals surface area contributed by atoms with Crippen LogP contribution in [0.25, 0.3) is 9.40 Å². The van der Waals surface area contributed by atoms with Gasteiger partial charge in [-0.05, 0) is 18.2 Å². The van der Waals surface area contributed by atoms with Gasteiger partial charge in [-0.1, -0.05) is 22.7 Å². The largest absolute Gasteiger partial charge is 0.478 e. The van der Waals surface area contributed by atoms with Crippen LogP contribution in [0.2, 0.25) is 0 Å². The zero-order valence-corrected chi connectivity index (χ0v) is 7.95. The first kappa shape index (κ1) is 8.40. The van der Waals surface area contributed by atoms with Crippen molar-refractivity contribution in [2.24, 2.45) is 0 Å². The topological polar surface area (TPSA) is 54.4 Å². The van der Waals surface area contributed by atoms with Gasteiger partial charge in [-0.2, -0.15) is 0 Å². The van der Waals surface area contributed by atoms with Gasteiger partial charge in [-0.3, -0.25) is 4.79 Å². The van der Waals surface area contributed by atoms with Gasteiger partial charge in [0.25, 0.3) is 4.06 Å². The second-order valence-corrected chi connectivity index (χ2v) is 4.71. The van der Waals surface area contributed by atoms with Gasteiger partial charge in [-0.25, -0.2) is 4.79 Å². The van der Waals surface area contributed by atoms with Gasteiger partial charge < -0.3 is 5.11 Å². The maximum absolute atomic E-state index is 11.0. The molecule has 1 aromatic heterocycles. The van der Waals surface area contributed by atoms with Crippen LogP contribution < -0.4 is 4.06 Å². The molecule has 0 aliphatic rings. The smallest absolute Gasteiger partial charge is 0.335 e. The van der Waals surface area contributed by atoms with Crippen molar-refractivity contribution in [1.29, 1.82) is 0 Å². The molecule has 66 valence electrons. The summed E-state index contributed by atoms with van der Waals surface area (Å²) >= 11 is 2.23. The minimum absolute atomic E-state index is 0.00228. The summed E-state index contributed by atoms with van der Waals surface area (Å²) in [5, 5.41) is 8.68. The zero-order chi connectivity index (χ0) is 9.42. The van der Waals surface area contributed by atoms with Gasteiger partial charge in [-0.15, -0.1) is 0 Å². The quantitative estimate of drug-likeness (QED) is 0.786. The second kappa shape index (κ2) is 2.93. The first-order chi connectivity index (χ1) is 6.16. The summed E-state index contributed by atoms with van der Waals surface area (Å²) in [6.45, 7) is 0. The van der Waals surface area contributed by atoms with E-state index in [-0.39, 0.29) is 9.62 Å². The van der Waals surface area contributed by atoms with Gasteiger partial charge >= 0.3 is 5.97 Å². The molecule has 3 nitrogen and oxygen atoms in total. The van der Waals surface area contributed by atoms with E-state index in [2.05, 4.69) is 0 Å². The molecule has 13 heavy (non-hydrogen) atoms. The number of benzene rings is 1. The fourth-order valence-corrected chi connectivity index (χ4v) is 2.97. The summed E-state index contributed by atoms with van der Waals surface area (Å²) in [6.07, 6.45) is 0.